The summed E-state index contributed by atoms with van der Waals surface area (Å²) in [6, 6.07) is 13.9. The average molecular weight is 394 g/mol. The van der Waals surface area contributed by atoms with Gasteiger partial charge in [-0.15, -0.1) is 0 Å². The molecule has 4 rings (SSSR count). The summed E-state index contributed by atoms with van der Waals surface area (Å²) in [5.74, 6) is -0.436. The fourth-order valence-corrected chi connectivity index (χ4v) is 3.25. The summed E-state index contributed by atoms with van der Waals surface area (Å²) in [5, 5.41) is 12.0. The average Bonchev–Trinajstić information content (AvgIpc) is 2.71. The van der Waals surface area contributed by atoms with Gasteiger partial charge in [-0.2, -0.15) is 0 Å². The van der Waals surface area contributed by atoms with Crippen LogP contribution < -0.4 is 16.4 Å². The van der Waals surface area contributed by atoms with Crippen molar-refractivity contribution in [2.75, 3.05) is 7.05 Å². The molecule has 0 saturated carbocycles. The zero-order valence-electron chi connectivity index (χ0n) is 14.9. The number of nitrogens with zero attached hydrogens (tertiary/aromatic N) is 3. The van der Waals surface area contributed by atoms with Crippen molar-refractivity contribution in [1.82, 2.24) is 19.3 Å². The molecule has 3 aromatic heterocycles. The van der Waals surface area contributed by atoms with Gasteiger partial charge >= 0.3 is 0 Å². The Kier molecular flexibility index (Phi) is 4.44. The first kappa shape index (κ1) is 17.9. The van der Waals surface area contributed by atoms with Crippen LogP contribution >= 0.6 is 11.6 Å². The zero-order valence-corrected chi connectivity index (χ0v) is 15.7. The van der Waals surface area contributed by atoms with Crippen molar-refractivity contribution in [2.24, 2.45) is 0 Å². The van der Waals surface area contributed by atoms with Crippen molar-refractivity contribution >= 4 is 34.2 Å². The van der Waals surface area contributed by atoms with Gasteiger partial charge < -0.3 is 9.88 Å². The third kappa shape index (κ3) is 2.95. The lowest BCUT2D eigenvalue weighted by atomic mass is 10.1. The van der Waals surface area contributed by atoms with Crippen LogP contribution in [-0.4, -0.2) is 26.9 Å². The lowest BCUT2D eigenvalue weighted by molar-refractivity contribution is 0.0960. The smallest absolute Gasteiger partial charge is 0.267 e. The third-order valence-electron chi connectivity index (χ3n) is 4.54. The van der Waals surface area contributed by atoms with Gasteiger partial charge in [-0.1, -0.05) is 29.8 Å². The lowest BCUT2D eigenvalue weighted by Gasteiger charge is -2.14. The van der Waals surface area contributed by atoms with Crippen molar-refractivity contribution in [1.29, 1.82) is 5.41 Å². The van der Waals surface area contributed by atoms with Crippen LogP contribution in [0.5, 0.6) is 0 Å². The number of hydrogen-bond acceptors (Lipinski definition) is 4. The molecule has 1 aromatic carbocycles. The number of pyridine rings is 2. The highest BCUT2D eigenvalue weighted by atomic mass is 35.5. The quantitative estimate of drug-likeness (QED) is 0.522. The molecule has 0 spiro atoms. The summed E-state index contributed by atoms with van der Waals surface area (Å²) < 4.78 is 2.99. The second kappa shape index (κ2) is 6.94. The Labute approximate surface area is 164 Å². The first-order chi connectivity index (χ1) is 13.5. The van der Waals surface area contributed by atoms with Gasteiger partial charge in [0.05, 0.1) is 17.5 Å². The summed E-state index contributed by atoms with van der Waals surface area (Å²) in [5.41, 5.74) is 1.48. The van der Waals surface area contributed by atoms with E-state index < -0.39 is 5.91 Å². The van der Waals surface area contributed by atoms with Crippen molar-refractivity contribution in [3.05, 3.63) is 86.7 Å². The number of rotatable bonds is 3. The van der Waals surface area contributed by atoms with Gasteiger partial charge in [0.25, 0.3) is 11.5 Å². The van der Waals surface area contributed by atoms with Crippen LogP contribution in [0.25, 0.3) is 16.7 Å². The molecule has 0 bridgehead atoms. The largest absolute Gasteiger partial charge is 0.355 e. The van der Waals surface area contributed by atoms with Gasteiger partial charge in [-0.05, 0) is 35.9 Å². The number of nitrogens with one attached hydrogen (secondary N) is 2. The van der Waals surface area contributed by atoms with E-state index >= 15 is 0 Å². The molecular formula is C20H16ClN5O2. The standard InChI is InChI=1S/C20H16ClN5O2/c1-23-19(27)14-10-15-18(24-16-4-2-3-9-25(16)20(15)28)26(17(14)22)11-12-5-7-13(21)8-6-12/h2-10,22H,11H2,1H3,(H,23,27). The maximum Gasteiger partial charge on any atom is 0.267 e. The van der Waals surface area contributed by atoms with E-state index in [0.717, 1.165) is 5.56 Å². The predicted molar refractivity (Wildman–Crippen MR) is 107 cm³/mol. The van der Waals surface area contributed by atoms with Crippen LogP contribution in [0.3, 0.4) is 0 Å². The molecule has 0 saturated heterocycles. The number of benzene rings is 1. The van der Waals surface area contributed by atoms with E-state index in [0.29, 0.717) is 16.3 Å². The molecule has 0 radical (unpaired) electrons. The summed E-state index contributed by atoms with van der Waals surface area (Å²) in [6.07, 6.45) is 1.63. The van der Waals surface area contributed by atoms with E-state index in [9.17, 15) is 9.59 Å². The van der Waals surface area contributed by atoms with Crippen LogP contribution in [-0.2, 0) is 6.54 Å². The number of hydrogen-bond donors (Lipinski definition) is 2. The van der Waals surface area contributed by atoms with E-state index in [2.05, 4.69) is 10.3 Å². The first-order valence-electron chi connectivity index (χ1n) is 8.55. The number of aromatic nitrogens is 3. The molecule has 0 aliphatic rings. The van der Waals surface area contributed by atoms with Crippen molar-refractivity contribution in [2.45, 2.75) is 6.54 Å². The van der Waals surface area contributed by atoms with Gasteiger partial charge in [0.1, 0.15) is 16.8 Å². The lowest BCUT2D eigenvalue weighted by Crippen LogP contribution is -2.33. The number of amides is 1. The SMILES string of the molecule is CNC(=O)c1cc2c(=O)n3ccccc3nc2n(Cc2ccc(Cl)cc2)c1=N. The van der Waals surface area contributed by atoms with Crippen molar-refractivity contribution in [3.8, 4) is 0 Å². The Balaban J connectivity index is 2.08. The maximum atomic E-state index is 13.0. The summed E-state index contributed by atoms with van der Waals surface area (Å²) >= 11 is 5.96. The number of carbonyl (C=O) groups excluding carboxylic acids is 1. The van der Waals surface area contributed by atoms with Crippen molar-refractivity contribution < 1.29 is 4.79 Å². The van der Waals surface area contributed by atoms with Crippen LogP contribution in [0.4, 0.5) is 0 Å². The molecule has 2 N–H and O–H groups in total. The van der Waals surface area contributed by atoms with Crippen LogP contribution in [0, 0.1) is 5.41 Å². The molecule has 0 fully saturated rings. The maximum absolute atomic E-state index is 13.0. The Morgan fingerprint density at radius 2 is 1.96 bits per heavy atom. The first-order valence-corrected chi connectivity index (χ1v) is 8.93. The fraction of sp³-hybridized carbons (Fsp3) is 0.100. The molecule has 7 nitrogen and oxygen atoms in total. The van der Waals surface area contributed by atoms with Crippen LogP contribution in [0.1, 0.15) is 15.9 Å². The highest BCUT2D eigenvalue weighted by Gasteiger charge is 2.17. The van der Waals surface area contributed by atoms with Gasteiger partial charge in [-0.3, -0.25) is 19.4 Å². The molecule has 0 aliphatic carbocycles. The minimum absolute atomic E-state index is 0.0195. The van der Waals surface area contributed by atoms with E-state index in [-0.39, 0.29) is 28.5 Å². The molecule has 140 valence electrons. The Morgan fingerprint density at radius 1 is 1.21 bits per heavy atom. The van der Waals surface area contributed by atoms with Crippen LogP contribution in [0.2, 0.25) is 5.02 Å². The molecule has 0 unspecified atom stereocenters. The van der Waals surface area contributed by atoms with Gasteiger partial charge in [0.15, 0.2) is 0 Å². The summed E-state index contributed by atoms with van der Waals surface area (Å²) in [6.45, 7) is 0.271. The molecule has 1 amide bonds. The Morgan fingerprint density at radius 3 is 2.68 bits per heavy atom. The van der Waals surface area contributed by atoms with E-state index in [1.807, 2.05) is 12.1 Å². The molecule has 0 aliphatic heterocycles. The third-order valence-corrected chi connectivity index (χ3v) is 4.80. The molecule has 0 atom stereocenters. The molecule has 8 heteroatoms. The topological polar surface area (TPSA) is 92.2 Å². The van der Waals surface area contributed by atoms with Gasteiger partial charge in [0, 0.05) is 18.3 Å². The Bertz CT molecular complexity index is 1340. The van der Waals surface area contributed by atoms with Crippen LogP contribution in [0.15, 0.2) is 59.5 Å². The predicted octanol–water partition coefficient (Wildman–Crippen LogP) is 2.19. The number of carbonyl (C=O) groups is 1. The Hall–Kier alpha value is -3.45. The van der Waals surface area contributed by atoms with E-state index in [4.69, 9.17) is 17.0 Å². The second-order valence-electron chi connectivity index (χ2n) is 6.28. The normalized spacial score (nSPS) is 11.1. The number of fused-ring (bicyclic) bond motifs is 2. The molecular weight excluding hydrogens is 378 g/mol. The summed E-state index contributed by atoms with van der Waals surface area (Å²) in [4.78, 5) is 29.9. The minimum atomic E-state index is -0.436. The fourth-order valence-electron chi connectivity index (χ4n) is 3.12. The van der Waals surface area contributed by atoms with Gasteiger partial charge in [0.2, 0.25) is 0 Å². The monoisotopic (exact) mass is 393 g/mol. The minimum Gasteiger partial charge on any atom is -0.355 e. The molecule has 3 heterocycles. The van der Waals surface area contributed by atoms with Crippen molar-refractivity contribution in [3.63, 3.8) is 0 Å². The second-order valence-corrected chi connectivity index (χ2v) is 6.72. The highest BCUT2D eigenvalue weighted by Crippen LogP contribution is 2.14. The van der Waals surface area contributed by atoms with Gasteiger partial charge in [-0.25, -0.2) is 4.98 Å². The highest BCUT2D eigenvalue weighted by molar-refractivity contribution is 6.30. The molecule has 4 aromatic rings. The molecule has 28 heavy (non-hydrogen) atoms. The van der Waals surface area contributed by atoms with E-state index in [1.54, 1.807) is 41.1 Å². The number of halogens is 1. The van der Waals surface area contributed by atoms with E-state index in [1.165, 1.54) is 17.5 Å². The summed E-state index contributed by atoms with van der Waals surface area (Å²) in [7, 11) is 1.49. The zero-order chi connectivity index (χ0) is 19.8.